The standard InChI is InChI=1S/C48H54N5O9P/c1-32(2)53(33(3)4)63(59-30-14-28-49)62-43-42-45(52-29-27-41(51-46(52)55)50-44(54)35-15-10-8-11-16-35)61-47(43,31-58-42)34(5)60-48(36-17-12-9-13-18-36,37-19-23-39(56-6)24-20-37)38-21-25-40(57-7)26-22-38/h8-13,15-27,29,32-34,42-43,45H,14,30-31H2,1-7H3,(H,50,51,54,55)/t34-,42+,43-,45-,47+,63?/m1/s1. The molecule has 5 aromatic rings. The number of nitriles is 1. The fraction of sp³-hybridized carbons (Fsp3) is 0.375. The van der Waals surface area contributed by atoms with Gasteiger partial charge >= 0.3 is 5.69 Å². The minimum Gasteiger partial charge on any atom is -0.497 e. The predicted octanol–water partition coefficient (Wildman–Crippen LogP) is 8.24. The minimum absolute atomic E-state index is 0.000782. The third-order valence-electron chi connectivity index (χ3n) is 11.4. The molecule has 4 aromatic carbocycles. The zero-order chi connectivity index (χ0) is 44.7. The molecule has 0 spiro atoms. The van der Waals surface area contributed by atoms with Gasteiger partial charge in [0.1, 0.15) is 40.7 Å². The Morgan fingerprint density at radius 3 is 2.00 bits per heavy atom. The number of hydrogen-bond acceptors (Lipinski definition) is 12. The SMILES string of the molecule is COc1ccc(C(O[C@H](C)[C@]23CO[C@H]([C@H](n4ccc(NC(=O)c5ccccc5)nc4=O)O2)[C@H]3OP(OCCC#N)N(C(C)C)C(C)C)(c2ccccc2)c2ccc(OC)cc2)cc1. The largest absolute Gasteiger partial charge is 0.497 e. The van der Waals surface area contributed by atoms with Gasteiger partial charge in [-0.05, 0) is 93.8 Å². The molecule has 2 saturated heterocycles. The number of amides is 1. The number of carbonyl (C=O) groups excluding carboxylic acids is 1. The van der Waals surface area contributed by atoms with Gasteiger partial charge in [0.2, 0.25) is 0 Å². The van der Waals surface area contributed by atoms with Crippen LogP contribution in [0.1, 0.15) is 74.3 Å². The van der Waals surface area contributed by atoms with Gasteiger partial charge in [-0.2, -0.15) is 10.2 Å². The summed E-state index contributed by atoms with van der Waals surface area (Å²) in [5.74, 6) is 1.04. The number of nitrogens with one attached hydrogen (secondary N) is 1. The maximum atomic E-state index is 14.0. The van der Waals surface area contributed by atoms with Crippen molar-refractivity contribution in [1.29, 1.82) is 5.26 Å². The Balaban J connectivity index is 1.34. The molecule has 0 radical (unpaired) electrons. The number of ether oxygens (including phenoxy) is 5. The number of methoxy groups -OCH3 is 2. The Morgan fingerprint density at radius 2 is 1.46 bits per heavy atom. The van der Waals surface area contributed by atoms with Gasteiger partial charge in [0.05, 0.1) is 46.0 Å². The van der Waals surface area contributed by atoms with Crippen molar-refractivity contribution in [2.45, 2.75) is 88.9 Å². The van der Waals surface area contributed by atoms with Crippen LogP contribution in [0.4, 0.5) is 5.82 Å². The lowest BCUT2D eigenvalue weighted by molar-refractivity contribution is -0.230. The van der Waals surface area contributed by atoms with Gasteiger partial charge in [-0.25, -0.2) is 9.46 Å². The van der Waals surface area contributed by atoms with Crippen molar-refractivity contribution in [2.75, 3.05) is 32.8 Å². The van der Waals surface area contributed by atoms with E-state index in [1.54, 1.807) is 44.6 Å². The zero-order valence-corrected chi connectivity index (χ0v) is 37.4. The first kappa shape index (κ1) is 45.5. The lowest BCUT2D eigenvalue weighted by Gasteiger charge is -2.44. The molecular weight excluding hydrogens is 822 g/mol. The van der Waals surface area contributed by atoms with Crippen molar-refractivity contribution in [2.24, 2.45) is 0 Å². The molecule has 2 aliphatic heterocycles. The highest BCUT2D eigenvalue weighted by molar-refractivity contribution is 7.44. The Bertz CT molecular complexity index is 2340. The van der Waals surface area contributed by atoms with Crippen LogP contribution < -0.4 is 20.5 Å². The van der Waals surface area contributed by atoms with Crippen LogP contribution in [0.25, 0.3) is 0 Å². The number of carbonyl (C=O) groups is 1. The molecule has 63 heavy (non-hydrogen) atoms. The fourth-order valence-corrected chi connectivity index (χ4v) is 10.1. The molecule has 14 nitrogen and oxygen atoms in total. The highest BCUT2D eigenvalue weighted by Gasteiger charge is 2.68. The molecule has 2 bridgehead atoms. The van der Waals surface area contributed by atoms with Crippen LogP contribution in [-0.2, 0) is 28.9 Å². The van der Waals surface area contributed by atoms with E-state index in [1.807, 2.05) is 91.9 Å². The Labute approximate surface area is 369 Å². The average Bonchev–Trinajstić information content (AvgIpc) is 3.81. The summed E-state index contributed by atoms with van der Waals surface area (Å²) in [7, 11) is 1.43. The molecule has 1 aromatic heterocycles. The van der Waals surface area contributed by atoms with Crippen LogP contribution in [0, 0.1) is 11.3 Å². The van der Waals surface area contributed by atoms with Crippen molar-refractivity contribution in [3.8, 4) is 17.6 Å². The summed E-state index contributed by atoms with van der Waals surface area (Å²) in [5, 5.41) is 12.2. The molecule has 2 fully saturated rings. The predicted molar refractivity (Wildman–Crippen MR) is 238 cm³/mol. The molecule has 7 rings (SSSR count). The first-order chi connectivity index (χ1) is 30.4. The average molecular weight is 876 g/mol. The number of fused-ring (bicyclic) bond motifs is 2. The smallest absolute Gasteiger partial charge is 0.351 e. The maximum absolute atomic E-state index is 14.0. The summed E-state index contributed by atoms with van der Waals surface area (Å²) in [5.41, 5.74) is -0.368. The second-order valence-electron chi connectivity index (χ2n) is 15.9. The number of nitrogens with zero attached hydrogens (tertiary/aromatic N) is 4. The third kappa shape index (κ3) is 9.28. The quantitative estimate of drug-likeness (QED) is 0.0483. The van der Waals surface area contributed by atoms with Crippen molar-refractivity contribution >= 4 is 20.3 Å². The monoisotopic (exact) mass is 875 g/mol. The molecule has 0 saturated carbocycles. The Morgan fingerprint density at radius 1 is 0.889 bits per heavy atom. The van der Waals surface area contributed by atoms with Gasteiger partial charge in [-0.3, -0.25) is 9.36 Å². The van der Waals surface area contributed by atoms with E-state index in [9.17, 15) is 14.9 Å². The van der Waals surface area contributed by atoms with E-state index < -0.39 is 55.9 Å². The van der Waals surface area contributed by atoms with Crippen LogP contribution >= 0.6 is 8.53 Å². The molecule has 330 valence electrons. The van der Waals surface area contributed by atoms with Crippen LogP contribution in [0.5, 0.6) is 11.5 Å². The maximum Gasteiger partial charge on any atom is 0.351 e. The summed E-state index contributed by atoms with van der Waals surface area (Å²) in [6.45, 7) is 10.4. The molecule has 1 unspecified atom stereocenters. The van der Waals surface area contributed by atoms with Crippen molar-refractivity contribution in [1.82, 2.24) is 14.2 Å². The van der Waals surface area contributed by atoms with E-state index in [4.69, 9.17) is 32.7 Å². The van der Waals surface area contributed by atoms with E-state index in [2.05, 4.69) is 48.7 Å². The molecule has 6 atom stereocenters. The highest BCUT2D eigenvalue weighted by Crippen LogP contribution is 2.57. The molecule has 1 N–H and O–H groups in total. The second kappa shape index (κ2) is 19.9. The minimum atomic E-state index is -1.82. The number of hydrogen-bond donors (Lipinski definition) is 1. The number of benzene rings is 4. The van der Waals surface area contributed by atoms with E-state index in [1.165, 1.54) is 10.8 Å². The molecule has 15 heteroatoms. The molecular formula is C48H54N5O9P. The zero-order valence-electron chi connectivity index (χ0n) is 36.5. The lowest BCUT2D eigenvalue weighted by Crippen LogP contribution is -2.55. The van der Waals surface area contributed by atoms with E-state index >= 15 is 0 Å². The van der Waals surface area contributed by atoms with Crippen molar-refractivity contribution in [3.05, 3.63) is 154 Å². The Hall–Kier alpha value is -5.49. The molecule has 2 aliphatic rings. The van der Waals surface area contributed by atoms with Crippen LogP contribution in [0.15, 0.2) is 126 Å². The topological polar surface area (TPSA) is 156 Å². The highest BCUT2D eigenvalue weighted by atomic mass is 31.2. The van der Waals surface area contributed by atoms with Crippen molar-refractivity contribution < 1.29 is 37.5 Å². The molecule has 0 aliphatic carbocycles. The molecule has 1 amide bonds. The lowest BCUT2D eigenvalue weighted by atomic mass is 9.79. The van der Waals surface area contributed by atoms with Gasteiger partial charge in [-0.15, -0.1) is 0 Å². The summed E-state index contributed by atoms with van der Waals surface area (Å²) in [6, 6.07) is 37.8. The van der Waals surface area contributed by atoms with Gasteiger partial charge in [0, 0.05) is 23.8 Å². The first-order valence-electron chi connectivity index (χ1n) is 21.0. The Kier molecular flexibility index (Phi) is 14.4. The van der Waals surface area contributed by atoms with Crippen LogP contribution in [-0.4, -0.2) is 83.6 Å². The normalized spacial score (nSPS) is 20.4. The number of aromatic nitrogens is 2. The second-order valence-corrected chi connectivity index (χ2v) is 17.3. The summed E-state index contributed by atoms with van der Waals surface area (Å²) < 4.78 is 49.7. The first-order valence-corrected chi connectivity index (χ1v) is 22.1. The van der Waals surface area contributed by atoms with Crippen LogP contribution in [0.2, 0.25) is 0 Å². The van der Waals surface area contributed by atoms with E-state index in [0.29, 0.717) is 17.1 Å². The van der Waals surface area contributed by atoms with Gasteiger partial charge < -0.3 is 38.0 Å². The van der Waals surface area contributed by atoms with Crippen LogP contribution in [0.3, 0.4) is 0 Å². The summed E-state index contributed by atoms with van der Waals surface area (Å²) in [4.78, 5) is 31.2. The number of rotatable bonds is 19. The number of anilines is 1. The third-order valence-corrected chi connectivity index (χ3v) is 13.5. The summed E-state index contributed by atoms with van der Waals surface area (Å²) in [6.07, 6.45) is -1.82. The summed E-state index contributed by atoms with van der Waals surface area (Å²) >= 11 is 0. The van der Waals surface area contributed by atoms with Gasteiger partial charge in [0.15, 0.2) is 6.23 Å². The van der Waals surface area contributed by atoms with Gasteiger partial charge in [0.25, 0.3) is 14.4 Å². The fourth-order valence-electron chi connectivity index (χ4n) is 8.35. The van der Waals surface area contributed by atoms with Gasteiger partial charge in [-0.1, -0.05) is 72.8 Å². The molecule has 3 heterocycles. The van der Waals surface area contributed by atoms with E-state index in [0.717, 1.165) is 16.7 Å². The van der Waals surface area contributed by atoms with Crippen molar-refractivity contribution in [3.63, 3.8) is 0 Å². The van der Waals surface area contributed by atoms with E-state index in [-0.39, 0.29) is 37.5 Å².